The summed E-state index contributed by atoms with van der Waals surface area (Å²) in [4.78, 5) is 17.7. The Labute approximate surface area is 213 Å². The van der Waals surface area contributed by atoms with E-state index in [2.05, 4.69) is 15.2 Å². The fourth-order valence-corrected chi connectivity index (χ4v) is 4.97. The summed E-state index contributed by atoms with van der Waals surface area (Å²) in [5.41, 5.74) is 1.72. The number of nitrogens with zero attached hydrogens (tertiary/aromatic N) is 4. The lowest BCUT2D eigenvalue weighted by Crippen LogP contribution is -2.40. The third-order valence-electron chi connectivity index (χ3n) is 6.61. The molecule has 1 atom stereocenters. The Bertz CT molecular complexity index is 1430. The molecule has 5 rings (SSSR count). The number of fused-ring (bicyclic) bond motifs is 1. The lowest BCUT2D eigenvalue weighted by Gasteiger charge is -2.32. The number of carbonyl (C=O) groups excluding carboxylic acids is 1. The van der Waals surface area contributed by atoms with Gasteiger partial charge in [-0.2, -0.15) is 0 Å². The van der Waals surface area contributed by atoms with Crippen molar-refractivity contribution in [3.8, 4) is 28.5 Å². The highest BCUT2D eigenvalue weighted by atomic mass is 35.5. The number of rotatable bonds is 6. The molecule has 7 nitrogen and oxygen atoms in total. The standard InChI is InChI=1S/C26H24Cl2N4O3/c1-15-29-14-22(35-15)18-7-6-17(13-21(18)34-3)24-30-31-25-26(2,9-4-10-32(24)25)23(33)12-16-5-8-19(27)20(28)11-16/h5-8,11,13-14H,4,9-10,12H2,1-3H3. The molecule has 0 bridgehead atoms. The van der Waals surface area contributed by atoms with Crippen LogP contribution < -0.4 is 4.74 Å². The van der Waals surface area contributed by atoms with Gasteiger partial charge in [-0.1, -0.05) is 35.3 Å². The third kappa shape index (κ3) is 4.23. The summed E-state index contributed by atoms with van der Waals surface area (Å²) in [6.45, 7) is 4.48. The van der Waals surface area contributed by atoms with Crippen LogP contribution in [-0.2, 0) is 23.2 Å². The van der Waals surface area contributed by atoms with Gasteiger partial charge in [-0.25, -0.2) is 4.98 Å². The molecule has 0 saturated carbocycles. The third-order valence-corrected chi connectivity index (χ3v) is 7.35. The summed E-state index contributed by atoms with van der Waals surface area (Å²) in [6.07, 6.45) is 3.47. The molecule has 0 radical (unpaired) electrons. The minimum atomic E-state index is -0.753. The molecule has 0 aliphatic carbocycles. The van der Waals surface area contributed by atoms with Crippen LogP contribution in [0.1, 0.15) is 37.0 Å². The van der Waals surface area contributed by atoms with Crippen molar-refractivity contribution in [1.82, 2.24) is 19.7 Å². The van der Waals surface area contributed by atoms with Gasteiger partial charge in [0.2, 0.25) is 0 Å². The highest BCUT2D eigenvalue weighted by Gasteiger charge is 2.42. The van der Waals surface area contributed by atoms with E-state index in [0.29, 0.717) is 45.5 Å². The molecule has 0 N–H and O–H groups in total. The molecule has 9 heteroatoms. The molecule has 4 aromatic rings. The number of benzene rings is 2. The van der Waals surface area contributed by atoms with Crippen molar-refractivity contribution in [3.05, 3.63) is 69.9 Å². The van der Waals surface area contributed by atoms with Gasteiger partial charge >= 0.3 is 0 Å². The number of aromatic nitrogens is 4. The number of hydrogen-bond acceptors (Lipinski definition) is 6. The molecule has 1 unspecified atom stereocenters. The van der Waals surface area contributed by atoms with Crippen LogP contribution in [-0.4, -0.2) is 32.6 Å². The highest BCUT2D eigenvalue weighted by Crippen LogP contribution is 2.39. The molecule has 0 spiro atoms. The minimum Gasteiger partial charge on any atom is -0.496 e. The van der Waals surface area contributed by atoms with Crippen molar-refractivity contribution in [2.24, 2.45) is 0 Å². The molecule has 180 valence electrons. The maximum atomic E-state index is 13.5. The predicted octanol–water partition coefficient (Wildman–Crippen LogP) is 6.09. The van der Waals surface area contributed by atoms with E-state index in [1.807, 2.05) is 35.8 Å². The van der Waals surface area contributed by atoms with Gasteiger partial charge in [0.15, 0.2) is 23.3 Å². The second-order valence-corrected chi connectivity index (χ2v) is 9.76. The second-order valence-electron chi connectivity index (χ2n) is 8.94. The van der Waals surface area contributed by atoms with E-state index < -0.39 is 5.41 Å². The van der Waals surface area contributed by atoms with Crippen molar-refractivity contribution in [1.29, 1.82) is 0 Å². The van der Waals surface area contributed by atoms with Gasteiger partial charge in [0, 0.05) is 25.5 Å². The van der Waals surface area contributed by atoms with Crippen LogP contribution >= 0.6 is 23.2 Å². The molecule has 2 aromatic carbocycles. The first-order valence-electron chi connectivity index (χ1n) is 11.3. The molecule has 0 saturated heterocycles. The first kappa shape index (κ1) is 23.6. The predicted molar refractivity (Wildman–Crippen MR) is 134 cm³/mol. The van der Waals surface area contributed by atoms with Gasteiger partial charge < -0.3 is 13.7 Å². The zero-order valence-electron chi connectivity index (χ0n) is 19.6. The van der Waals surface area contributed by atoms with Crippen LogP contribution in [0.4, 0.5) is 0 Å². The number of Topliss-reactive ketones (excluding diaryl/α,β-unsaturated/α-hetero) is 1. The van der Waals surface area contributed by atoms with E-state index in [-0.39, 0.29) is 12.2 Å². The summed E-state index contributed by atoms with van der Waals surface area (Å²) in [6, 6.07) is 11.1. The average molecular weight is 511 g/mol. The van der Waals surface area contributed by atoms with E-state index in [1.54, 1.807) is 32.4 Å². The smallest absolute Gasteiger partial charge is 0.191 e. The molecule has 0 amide bonds. The van der Waals surface area contributed by atoms with E-state index in [1.165, 1.54) is 0 Å². The number of aryl methyl sites for hydroxylation is 1. The van der Waals surface area contributed by atoms with Crippen LogP contribution in [0.15, 0.2) is 47.0 Å². The summed E-state index contributed by atoms with van der Waals surface area (Å²) < 4.78 is 13.4. The SMILES string of the molecule is COc1cc(-c2nnc3n2CCCC3(C)C(=O)Cc2ccc(Cl)c(Cl)c2)ccc1-c1cnc(C)o1. The Hall–Kier alpha value is -3.16. The Balaban J connectivity index is 1.48. The lowest BCUT2D eigenvalue weighted by molar-refractivity contribution is -0.124. The molecule has 1 aliphatic rings. The number of oxazole rings is 1. The van der Waals surface area contributed by atoms with Crippen LogP contribution in [0.2, 0.25) is 10.0 Å². The quantitative estimate of drug-likeness (QED) is 0.312. The van der Waals surface area contributed by atoms with Gasteiger partial charge in [0.05, 0.1) is 34.3 Å². The molecule has 0 fully saturated rings. The fraction of sp³-hybridized carbons (Fsp3) is 0.308. The summed E-state index contributed by atoms with van der Waals surface area (Å²) >= 11 is 12.2. The van der Waals surface area contributed by atoms with Crippen LogP contribution in [0.3, 0.4) is 0 Å². The average Bonchev–Trinajstić information content (AvgIpc) is 3.48. The molecule has 3 heterocycles. The molecular weight excluding hydrogens is 487 g/mol. The summed E-state index contributed by atoms with van der Waals surface area (Å²) in [7, 11) is 1.61. The van der Waals surface area contributed by atoms with Crippen molar-refractivity contribution in [2.75, 3.05) is 7.11 Å². The molecule has 35 heavy (non-hydrogen) atoms. The number of halogens is 2. The topological polar surface area (TPSA) is 83.0 Å². The maximum Gasteiger partial charge on any atom is 0.191 e. The zero-order valence-corrected chi connectivity index (χ0v) is 21.2. The minimum absolute atomic E-state index is 0.0735. The number of hydrogen-bond donors (Lipinski definition) is 0. The summed E-state index contributed by atoms with van der Waals surface area (Å²) in [5, 5.41) is 9.89. The van der Waals surface area contributed by atoms with Crippen molar-refractivity contribution in [3.63, 3.8) is 0 Å². The van der Waals surface area contributed by atoms with Crippen LogP contribution in [0.5, 0.6) is 5.75 Å². The first-order chi connectivity index (χ1) is 16.8. The number of methoxy groups -OCH3 is 1. The van der Waals surface area contributed by atoms with Crippen LogP contribution in [0.25, 0.3) is 22.7 Å². The van der Waals surface area contributed by atoms with E-state index in [0.717, 1.165) is 29.7 Å². The Morgan fingerprint density at radius 3 is 2.71 bits per heavy atom. The maximum absolute atomic E-state index is 13.5. The lowest BCUT2D eigenvalue weighted by atomic mass is 9.76. The highest BCUT2D eigenvalue weighted by molar-refractivity contribution is 6.42. The van der Waals surface area contributed by atoms with Gasteiger partial charge in [-0.05, 0) is 49.6 Å². The largest absolute Gasteiger partial charge is 0.496 e. The van der Waals surface area contributed by atoms with Gasteiger partial charge in [0.1, 0.15) is 11.6 Å². The monoisotopic (exact) mass is 510 g/mol. The van der Waals surface area contributed by atoms with Crippen LogP contribution in [0, 0.1) is 6.92 Å². The number of ether oxygens (including phenoxy) is 1. The first-order valence-corrected chi connectivity index (χ1v) is 12.1. The molecule has 1 aliphatic heterocycles. The van der Waals surface area contributed by atoms with Crippen molar-refractivity contribution in [2.45, 2.75) is 45.1 Å². The second kappa shape index (κ2) is 9.13. The van der Waals surface area contributed by atoms with E-state index in [9.17, 15) is 4.79 Å². The van der Waals surface area contributed by atoms with Gasteiger partial charge in [-0.3, -0.25) is 4.79 Å². The van der Waals surface area contributed by atoms with Gasteiger partial charge in [0.25, 0.3) is 0 Å². The van der Waals surface area contributed by atoms with Gasteiger partial charge in [-0.15, -0.1) is 10.2 Å². The van der Waals surface area contributed by atoms with Crippen molar-refractivity contribution < 1.29 is 13.9 Å². The van der Waals surface area contributed by atoms with E-state index in [4.69, 9.17) is 32.4 Å². The summed E-state index contributed by atoms with van der Waals surface area (Å²) in [5.74, 6) is 3.32. The zero-order chi connectivity index (χ0) is 24.7. The van der Waals surface area contributed by atoms with E-state index >= 15 is 0 Å². The number of ketones is 1. The molecule has 2 aromatic heterocycles. The Morgan fingerprint density at radius 1 is 1.17 bits per heavy atom. The Kier molecular flexibility index (Phi) is 6.15. The fourth-order valence-electron chi connectivity index (χ4n) is 4.65. The number of carbonyl (C=O) groups is 1. The van der Waals surface area contributed by atoms with Crippen molar-refractivity contribution >= 4 is 29.0 Å². The molecular formula is C26H24Cl2N4O3. The Morgan fingerprint density at radius 2 is 2.00 bits per heavy atom. The normalized spacial score (nSPS) is 17.3.